The van der Waals surface area contributed by atoms with Crippen molar-refractivity contribution >= 4 is 56.0 Å². The molecule has 142 valence electrons. The van der Waals surface area contributed by atoms with Crippen LogP contribution in [-0.2, 0) is 17.1 Å². The van der Waals surface area contributed by atoms with Gasteiger partial charge in [0.05, 0.1) is 28.3 Å². The fourth-order valence-corrected chi connectivity index (χ4v) is 4.89. The van der Waals surface area contributed by atoms with E-state index in [0.29, 0.717) is 28.2 Å². The monoisotopic (exact) mass is 428 g/mol. The molecule has 1 amide bonds. The lowest BCUT2D eigenvalue weighted by atomic mass is 10.2. The van der Waals surface area contributed by atoms with Crippen LogP contribution in [0.1, 0.15) is 11.3 Å². The molecule has 0 aliphatic carbocycles. The molecule has 0 fully saturated rings. The summed E-state index contributed by atoms with van der Waals surface area (Å²) in [6.45, 7) is 0.342. The molecule has 0 N–H and O–H groups in total. The number of nitrogens with zero attached hydrogens (tertiary/aromatic N) is 2. The minimum absolute atomic E-state index is 0.00694. The van der Waals surface area contributed by atoms with E-state index >= 15 is 0 Å². The van der Waals surface area contributed by atoms with Gasteiger partial charge in [-0.1, -0.05) is 59.3 Å². The van der Waals surface area contributed by atoms with Crippen molar-refractivity contribution in [2.75, 3.05) is 10.7 Å². The van der Waals surface area contributed by atoms with Crippen LogP contribution in [0.15, 0.2) is 71.3 Å². The average Bonchev–Trinajstić information content (AvgIpc) is 3.37. The van der Waals surface area contributed by atoms with Crippen molar-refractivity contribution in [2.24, 2.45) is 0 Å². The van der Waals surface area contributed by atoms with Gasteiger partial charge in [-0.3, -0.25) is 9.69 Å². The smallest absolute Gasteiger partial charge is 0.239 e. The Balaban J connectivity index is 1.54. The van der Waals surface area contributed by atoms with E-state index in [1.165, 1.54) is 16.9 Å². The highest BCUT2D eigenvalue weighted by Gasteiger charge is 2.21. The zero-order valence-electron chi connectivity index (χ0n) is 14.9. The summed E-state index contributed by atoms with van der Waals surface area (Å²) in [5.41, 5.74) is 1.92. The lowest BCUT2D eigenvalue weighted by Crippen LogP contribution is -2.31. The maximum Gasteiger partial charge on any atom is 0.239 e. The number of furan rings is 1. The highest BCUT2D eigenvalue weighted by Crippen LogP contribution is 2.34. The van der Waals surface area contributed by atoms with E-state index in [9.17, 15) is 4.79 Å². The minimum Gasteiger partial charge on any atom is -0.467 e. The van der Waals surface area contributed by atoms with Crippen LogP contribution in [-0.4, -0.2) is 16.6 Å². The van der Waals surface area contributed by atoms with Gasteiger partial charge in [-0.25, -0.2) is 4.98 Å². The van der Waals surface area contributed by atoms with E-state index in [-0.39, 0.29) is 5.91 Å². The first-order valence-corrected chi connectivity index (χ1v) is 11.0. The maximum atomic E-state index is 13.0. The predicted octanol–water partition coefficient (Wildman–Crippen LogP) is 6.01. The van der Waals surface area contributed by atoms with Crippen LogP contribution in [0.4, 0.5) is 5.13 Å². The van der Waals surface area contributed by atoms with E-state index < -0.39 is 0 Å². The minimum atomic E-state index is -0.00694. The Labute approximate surface area is 176 Å². The molecule has 4 rings (SSSR count). The van der Waals surface area contributed by atoms with Crippen LogP contribution in [0.25, 0.3) is 10.2 Å². The number of amides is 1. The molecule has 0 unspecified atom stereocenters. The summed E-state index contributed by atoms with van der Waals surface area (Å²) in [5, 5.41) is 1.22. The first-order valence-electron chi connectivity index (χ1n) is 8.70. The van der Waals surface area contributed by atoms with Crippen molar-refractivity contribution < 1.29 is 9.21 Å². The molecule has 0 atom stereocenters. The Morgan fingerprint density at radius 1 is 1.11 bits per heavy atom. The summed E-state index contributed by atoms with van der Waals surface area (Å²) in [6.07, 6.45) is 1.61. The van der Waals surface area contributed by atoms with E-state index in [1.54, 1.807) is 22.9 Å². The van der Waals surface area contributed by atoms with Gasteiger partial charge in [-0.2, -0.15) is 0 Å². The number of thioether (sulfide) groups is 1. The molecule has 0 aliphatic rings. The standard InChI is InChI=1S/C21H17ClN2O2S2/c22-17-9-4-10-18-20(17)23-21(28-18)24(12-16-8-5-11-26-16)19(25)14-27-13-15-6-2-1-3-7-15/h1-11H,12-14H2. The molecule has 0 radical (unpaired) electrons. The predicted molar refractivity (Wildman–Crippen MR) is 117 cm³/mol. The zero-order chi connectivity index (χ0) is 19.3. The van der Waals surface area contributed by atoms with E-state index in [0.717, 1.165) is 16.0 Å². The molecule has 4 nitrogen and oxygen atoms in total. The molecule has 0 saturated heterocycles. The van der Waals surface area contributed by atoms with Crippen molar-refractivity contribution in [2.45, 2.75) is 12.3 Å². The maximum absolute atomic E-state index is 13.0. The average molecular weight is 429 g/mol. The third-order valence-electron chi connectivity index (χ3n) is 4.12. The highest BCUT2D eigenvalue weighted by atomic mass is 35.5. The van der Waals surface area contributed by atoms with Crippen LogP contribution in [0.2, 0.25) is 5.02 Å². The Bertz CT molecular complexity index is 1060. The summed E-state index contributed by atoms with van der Waals surface area (Å²) in [7, 11) is 0. The lowest BCUT2D eigenvalue weighted by Gasteiger charge is -2.18. The number of benzene rings is 2. The molecule has 2 aromatic carbocycles. The van der Waals surface area contributed by atoms with Crippen LogP contribution in [0.5, 0.6) is 0 Å². The Hall–Kier alpha value is -2.28. The van der Waals surface area contributed by atoms with Gasteiger partial charge in [0.1, 0.15) is 11.3 Å². The van der Waals surface area contributed by atoms with Gasteiger partial charge < -0.3 is 4.42 Å². The fourth-order valence-electron chi connectivity index (χ4n) is 2.75. The topological polar surface area (TPSA) is 46.3 Å². The third kappa shape index (κ3) is 4.41. The van der Waals surface area contributed by atoms with Gasteiger partial charge in [0.25, 0.3) is 0 Å². The second-order valence-corrected chi connectivity index (χ2v) is 8.52. The zero-order valence-corrected chi connectivity index (χ0v) is 17.3. The SMILES string of the molecule is O=C(CSCc1ccccc1)N(Cc1ccco1)c1nc2c(Cl)cccc2s1. The molecule has 28 heavy (non-hydrogen) atoms. The number of hydrogen-bond acceptors (Lipinski definition) is 5. The van der Waals surface area contributed by atoms with Gasteiger partial charge in [-0.15, -0.1) is 11.8 Å². The number of carbonyl (C=O) groups excluding carboxylic acids is 1. The number of halogens is 1. The molecule has 0 saturated carbocycles. The Morgan fingerprint density at radius 3 is 2.71 bits per heavy atom. The fraction of sp³-hybridized carbons (Fsp3) is 0.143. The first-order chi connectivity index (χ1) is 13.7. The second-order valence-electron chi connectivity index (χ2n) is 6.12. The number of hydrogen-bond donors (Lipinski definition) is 0. The number of rotatable bonds is 7. The molecule has 0 bridgehead atoms. The third-order valence-corrected chi connectivity index (χ3v) is 6.46. The molecular weight excluding hydrogens is 412 g/mol. The summed E-state index contributed by atoms with van der Waals surface area (Å²) in [5.74, 6) is 1.85. The van der Waals surface area contributed by atoms with Crippen molar-refractivity contribution in [3.05, 3.63) is 83.3 Å². The van der Waals surface area contributed by atoms with Crippen molar-refractivity contribution in [3.8, 4) is 0 Å². The molecule has 2 heterocycles. The van der Waals surface area contributed by atoms with Crippen LogP contribution < -0.4 is 4.90 Å². The summed E-state index contributed by atoms with van der Waals surface area (Å²) in [4.78, 5) is 19.3. The van der Waals surface area contributed by atoms with Gasteiger partial charge in [-0.05, 0) is 29.8 Å². The Morgan fingerprint density at radius 2 is 1.96 bits per heavy atom. The quantitative estimate of drug-likeness (QED) is 0.361. The molecular formula is C21H17ClN2O2S2. The highest BCUT2D eigenvalue weighted by molar-refractivity contribution is 7.99. The summed E-state index contributed by atoms with van der Waals surface area (Å²) >= 11 is 9.31. The number of carbonyl (C=O) groups is 1. The molecule has 2 aromatic heterocycles. The molecule has 4 aromatic rings. The lowest BCUT2D eigenvalue weighted by molar-refractivity contribution is -0.116. The van der Waals surface area contributed by atoms with Crippen LogP contribution in [0, 0.1) is 0 Å². The van der Waals surface area contributed by atoms with Gasteiger partial charge in [0.2, 0.25) is 5.91 Å². The summed E-state index contributed by atoms with van der Waals surface area (Å²) < 4.78 is 6.41. The molecule has 7 heteroatoms. The number of anilines is 1. The molecule has 0 aliphatic heterocycles. The van der Waals surface area contributed by atoms with E-state index in [1.807, 2.05) is 48.5 Å². The van der Waals surface area contributed by atoms with Crippen molar-refractivity contribution in [1.29, 1.82) is 0 Å². The number of para-hydroxylation sites is 1. The number of thiazole rings is 1. The molecule has 0 spiro atoms. The van der Waals surface area contributed by atoms with Crippen LogP contribution >= 0.6 is 34.7 Å². The normalized spacial score (nSPS) is 11.0. The van der Waals surface area contributed by atoms with Crippen molar-refractivity contribution in [3.63, 3.8) is 0 Å². The number of aromatic nitrogens is 1. The first kappa shape index (κ1) is 19.1. The van der Waals surface area contributed by atoms with E-state index in [2.05, 4.69) is 17.1 Å². The van der Waals surface area contributed by atoms with Crippen LogP contribution in [0.3, 0.4) is 0 Å². The largest absolute Gasteiger partial charge is 0.467 e. The number of fused-ring (bicyclic) bond motifs is 1. The summed E-state index contributed by atoms with van der Waals surface area (Å²) in [6, 6.07) is 19.5. The van der Waals surface area contributed by atoms with Gasteiger partial charge in [0.15, 0.2) is 5.13 Å². The van der Waals surface area contributed by atoms with E-state index in [4.69, 9.17) is 16.0 Å². The Kier molecular flexibility index (Phi) is 6.00. The van der Waals surface area contributed by atoms with Crippen molar-refractivity contribution in [1.82, 2.24) is 4.98 Å². The van der Waals surface area contributed by atoms with Gasteiger partial charge >= 0.3 is 0 Å². The second kappa shape index (κ2) is 8.82. The van der Waals surface area contributed by atoms with Gasteiger partial charge in [0, 0.05) is 5.75 Å².